The number of hydrogen-bond donors (Lipinski definition) is 0. The number of anilines is 2. The van der Waals surface area contributed by atoms with E-state index in [2.05, 4.69) is 6.58 Å². The van der Waals surface area contributed by atoms with E-state index in [9.17, 15) is 18.0 Å². The molecule has 21 heavy (non-hydrogen) atoms. The molecule has 0 heterocycles. The van der Waals surface area contributed by atoms with Gasteiger partial charge in [-0.15, -0.1) is 0 Å². The number of rotatable bonds is 3. The summed E-state index contributed by atoms with van der Waals surface area (Å²) < 4.78 is 38.2. The molecule has 2 aromatic carbocycles. The second-order valence-corrected chi connectivity index (χ2v) is 4.29. The van der Waals surface area contributed by atoms with Gasteiger partial charge in [-0.1, -0.05) is 43.0 Å². The molecule has 5 heteroatoms. The van der Waals surface area contributed by atoms with Crippen molar-refractivity contribution in [2.24, 2.45) is 0 Å². The summed E-state index contributed by atoms with van der Waals surface area (Å²) in [5, 5.41) is 0. The molecule has 0 spiro atoms. The summed E-state index contributed by atoms with van der Waals surface area (Å²) >= 11 is 0. The third kappa shape index (κ3) is 3.31. The van der Waals surface area contributed by atoms with Crippen molar-refractivity contribution in [1.29, 1.82) is 0 Å². The van der Waals surface area contributed by atoms with E-state index >= 15 is 0 Å². The molecule has 2 aromatic rings. The number of alkyl halides is 3. The zero-order chi connectivity index (χ0) is 15.5. The maximum Gasteiger partial charge on any atom is 0.421 e. The van der Waals surface area contributed by atoms with E-state index in [1.807, 2.05) is 0 Å². The first-order valence-corrected chi connectivity index (χ1v) is 6.12. The molecule has 0 aliphatic carbocycles. The van der Waals surface area contributed by atoms with E-state index < -0.39 is 17.7 Å². The molecule has 0 unspecified atom stereocenters. The average Bonchev–Trinajstić information content (AvgIpc) is 2.48. The number of halogens is 3. The number of para-hydroxylation sites is 2. The maximum atomic E-state index is 12.7. The van der Waals surface area contributed by atoms with Crippen molar-refractivity contribution in [3.05, 3.63) is 72.8 Å². The predicted octanol–water partition coefficient (Wildman–Crippen LogP) is 4.47. The van der Waals surface area contributed by atoms with Crippen LogP contribution in [0, 0.1) is 0 Å². The molecule has 0 aliphatic rings. The Kier molecular flexibility index (Phi) is 4.12. The van der Waals surface area contributed by atoms with Crippen LogP contribution in [-0.2, 0) is 4.79 Å². The molecular weight excluding hydrogens is 279 g/mol. The van der Waals surface area contributed by atoms with Crippen LogP contribution in [0.15, 0.2) is 72.8 Å². The Balaban J connectivity index is 2.48. The number of benzene rings is 2. The summed E-state index contributed by atoms with van der Waals surface area (Å²) in [7, 11) is 0. The molecule has 108 valence electrons. The highest BCUT2D eigenvalue weighted by Crippen LogP contribution is 2.32. The lowest BCUT2D eigenvalue weighted by atomic mass is 10.2. The van der Waals surface area contributed by atoms with Crippen LogP contribution in [0.5, 0.6) is 0 Å². The van der Waals surface area contributed by atoms with Crippen molar-refractivity contribution in [3.8, 4) is 0 Å². The highest BCUT2D eigenvalue weighted by Gasteiger charge is 2.39. The monoisotopic (exact) mass is 291 g/mol. The van der Waals surface area contributed by atoms with E-state index in [-0.39, 0.29) is 0 Å². The van der Waals surface area contributed by atoms with Gasteiger partial charge in [0, 0.05) is 11.4 Å². The van der Waals surface area contributed by atoms with Gasteiger partial charge in [0.2, 0.25) is 0 Å². The van der Waals surface area contributed by atoms with Crippen molar-refractivity contribution < 1.29 is 18.0 Å². The fourth-order valence-electron chi connectivity index (χ4n) is 1.79. The zero-order valence-electron chi connectivity index (χ0n) is 11.0. The smallest absolute Gasteiger partial charge is 0.277 e. The molecule has 0 aliphatic heterocycles. The standard InChI is InChI=1S/C16H12F3NO/c1-12(16(17,18)19)15(21)20(13-8-4-2-5-9-13)14-10-6-3-7-11-14/h2-11H,1H2. The van der Waals surface area contributed by atoms with Gasteiger partial charge in [-0.25, -0.2) is 0 Å². The summed E-state index contributed by atoms with van der Waals surface area (Å²) in [5.74, 6) is -1.19. The van der Waals surface area contributed by atoms with Gasteiger partial charge in [-0.05, 0) is 24.3 Å². The Morgan fingerprint density at radius 3 is 1.57 bits per heavy atom. The number of nitrogens with zero attached hydrogens (tertiary/aromatic N) is 1. The summed E-state index contributed by atoms with van der Waals surface area (Å²) in [4.78, 5) is 13.2. The van der Waals surface area contributed by atoms with Gasteiger partial charge in [-0.2, -0.15) is 13.2 Å². The lowest BCUT2D eigenvalue weighted by Crippen LogP contribution is -2.32. The first-order chi connectivity index (χ1) is 9.91. The molecule has 2 rings (SSSR count). The molecule has 1 amide bonds. The van der Waals surface area contributed by atoms with Crippen molar-refractivity contribution in [3.63, 3.8) is 0 Å². The second kappa shape index (κ2) is 5.83. The highest BCUT2D eigenvalue weighted by molar-refractivity contribution is 6.10. The van der Waals surface area contributed by atoms with Crippen LogP contribution in [0.4, 0.5) is 24.5 Å². The largest absolute Gasteiger partial charge is 0.421 e. The number of carbonyl (C=O) groups excluding carboxylic acids is 1. The molecule has 2 nitrogen and oxygen atoms in total. The molecule has 0 bridgehead atoms. The summed E-state index contributed by atoms with van der Waals surface area (Å²) in [6.45, 7) is 2.88. The number of carbonyl (C=O) groups is 1. The maximum absolute atomic E-state index is 12.7. The Morgan fingerprint density at radius 1 is 0.857 bits per heavy atom. The topological polar surface area (TPSA) is 20.3 Å². The second-order valence-electron chi connectivity index (χ2n) is 4.29. The van der Waals surface area contributed by atoms with Gasteiger partial charge in [0.05, 0.1) is 0 Å². The van der Waals surface area contributed by atoms with Crippen LogP contribution >= 0.6 is 0 Å². The van der Waals surface area contributed by atoms with Gasteiger partial charge in [0.1, 0.15) is 5.57 Å². The van der Waals surface area contributed by atoms with Crippen LogP contribution in [0.1, 0.15) is 0 Å². The van der Waals surface area contributed by atoms with Crippen LogP contribution in [0.3, 0.4) is 0 Å². The quantitative estimate of drug-likeness (QED) is 0.764. The van der Waals surface area contributed by atoms with E-state index in [1.165, 1.54) is 0 Å². The van der Waals surface area contributed by atoms with E-state index in [0.29, 0.717) is 11.4 Å². The van der Waals surface area contributed by atoms with E-state index in [0.717, 1.165) is 4.90 Å². The third-order valence-corrected chi connectivity index (χ3v) is 2.83. The van der Waals surface area contributed by atoms with Gasteiger partial charge in [0.25, 0.3) is 5.91 Å². The van der Waals surface area contributed by atoms with Crippen molar-refractivity contribution in [1.82, 2.24) is 0 Å². The number of hydrogen-bond acceptors (Lipinski definition) is 1. The zero-order valence-corrected chi connectivity index (χ0v) is 11.0. The van der Waals surface area contributed by atoms with E-state index in [1.54, 1.807) is 60.7 Å². The summed E-state index contributed by atoms with van der Waals surface area (Å²) in [5.41, 5.74) is -0.714. The molecule has 0 atom stereocenters. The fraction of sp³-hybridized carbons (Fsp3) is 0.0625. The van der Waals surface area contributed by atoms with Crippen LogP contribution in [0.25, 0.3) is 0 Å². The first-order valence-electron chi connectivity index (χ1n) is 6.12. The predicted molar refractivity (Wildman–Crippen MR) is 75.2 cm³/mol. The minimum atomic E-state index is -4.76. The fourth-order valence-corrected chi connectivity index (χ4v) is 1.79. The molecule has 0 N–H and O–H groups in total. The SMILES string of the molecule is C=C(C(=O)N(c1ccccc1)c1ccccc1)C(F)(F)F. The Bertz CT molecular complexity index is 596. The van der Waals surface area contributed by atoms with Crippen LogP contribution in [0.2, 0.25) is 0 Å². The van der Waals surface area contributed by atoms with Gasteiger partial charge in [0.15, 0.2) is 0 Å². The van der Waals surface area contributed by atoms with Crippen molar-refractivity contribution in [2.75, 3.05) is 4.90 Å². The number of amides is 1. The van der Waals surface area contributed by atoms with Crippen molar-refractivity contribution >= 4 is 17.3 Å². The molecule has 0 fully saturated rings. The first kappa shape index (κ1) is 14.8. The normalized spacial score (nSPS) is 11.0. The lowest BCUT2D eigenvalue weighted by Gasteiger charge is -2.24. The lowest BCUT2D eigenvalue weighted by molar-refractivity contribution is -0.127. The minimum Gasteiger partial charge on any atom is -0.277 e. The van der Waals surface area contributed by atoms with Gasteiger partial charge < -0.3 is 0 Å². The van der Waals surface area contributed by atoms with Crippen LogP contribution < -0.4 is 4.90 Å². The third-order valence-electron chi connectivity index (χ3n) is 2.83. The molecule has 0 saturated carbocycles. The van der Waals surface area contributed by atoms with Crippen molar-refractivity contribution in [2.45, 2.75) is 6.18 Å². The average molecular weight is 291 g/mol. The molecule has 0 radical (unpaired) electrons. The highest BCUT2D eigenvalue weighted by atomic mass is 19.4. The van der Waals surface area contributed by atoms with Gasteiger partial charge >= 0.3 is 6.18 Å². The minimum absolute atomic E-state index is 0.346. The molecular formula is C16H12F3NO. The Labute approximate surface area is 120 Å². The van der Waals surface area contributed by atoms with Gasteiger partial charge in [-0.3, -0.25) is 9.69 Å². The molecule has 0 saturated heterocycles. The van der Waals surface area contributed by atoms with Crippen LogP contribution in [-0.4, -0.2) is 12.1 Å². The summed E-state index contributed by atoms with van der Waals surface area (Å²) in [6, 6.07) is 16.3. The Hall–Kier alpha value is -2.56. The Morgan fingerprint density at radius 2 is 1.24 bits per heavy atom. The van der Waals surface area contributed by atoms with E-state index in [4.69, 9.17) is 0 Å². The molecule has 0 aromatic heterocycles. The summed E-state index contributed by atoms with van der Waals surface area (Å²) in [6.07, 6.45) is -4.76.